The van der Waals surface area contributed by atoms with Gasteiger partial charge in [-0.2, -0.15) is 11.8 Å². The molecule has 18 heavy (non-hydrogen) atoms. The van der Waals surface area contributed by atoms with E-state index in [1.807, 2.05) is 6.26 Å². The molecule has 6 heteroatoms. The lowest BCUT2D eigenvalue weighted by molar-refractivity contribution is -0.139. The van der Waals surface area contributed by atoms with Crippen molar-refractivity contribution < 1.29 is 14.7 Å². The van der Waals surface area contributed by atoms with Gasteiger partial charge in [-0.25, -0.2) is 4.79 Å². The maximum absolute atomic E-state index is 11.8. The van der Waals surface area contributed by atoms with Gasteiger partial charge in [0.15, 0.2) is 0 Å². The largest absolute Gasteiger partial charge is 0.480 e. The van der Waals surface area contributed by atoms with Crippen molar-refractivity contribution in [3.8, 4) is 0 Å². The summed E-state index contributed by atoms with van der Waals surface area (Å²) in [5.41, 5.74) is 6.40. The monoisotopic (exact) mass is 268 g/mol. The minimum absolute atomic E-state index is 0.366. The molecular formula is C12H16N2O3S. The number of carbonyl (C=O) groups excluding carboxylic acids is 1. The Morgan fingerprint density at radius 1 is 1.50 bits per heavy atom. The summed E-state index contributed by atoms with van der Waals surface area (Å²) in [6.45, 7) is 0. The molecule has 1 atom stereocenters. The van der Waals surface area contributed by atoms with Crippen molar-refractivity contribution in [3.05, 3.63) is 29.8 Å². The van der Waals surface area contributed by atoms with Gasteiger partial charge in [0.05, 0.1) is 0 Å². The first-order valence-corrected chi connectivity index (χ1v) is 6.82. The second kappa shape index (κ2) is 6.90. The summed E-state index contributed by atoms with van der Waals surface area (Å²) in [5.74, 6) is -0.772. The van der Waals surface area contributed by atoms with Crippen molar-refractivity contribution in [2.75, 3.05) is 17.7 Å². The first kappa shape index (κ1) is 14.4. The van der Waals surface area contributed by atoms with E-state index in [0.29, 0.717) is 23.4 Å². The van der Waals surface area contributed by atoms with E-state index in [2.05, 4.69) is 5.32 Å². The first-order valence-electron chi connectivity index (χ1n) is 5.42. The number of nitrogens with two attached hydrogens (primary N) is 1. The highest BCUT2D eigenvalue weighted by molar-refractivity contribution is 7.98. The molecule has 1 amide bonds. The van der Waals surface area contributed by atoms with Crippen LogP contribution < -0.4 is 11.1 Å². The summed E-state index contributed by atoms with van der Waals surface area (Å²) in [6.07, 6.45) is 2.28. The predicted molar refractivity (Wildman–Crippen MR) is 72.7 cm³/mol. The van der Waals surface area contributed by atoms with Gasteiger partial charge in [-0.15, -0.1) is 0 Å². The maximum Gasteiger partial charge on any atom is 0.326 e. The molecule has 1 rings (SSSR count). The van der Waals surface area contributed by atoms with Crippen LogP contribution in [0, 0.1) is 0 Å². The summed E-state index contributed by atoms with van der Waals surface area (Å²) < 4.78 is 0. The SMILES string of the molecule is CSCC[C@H](NC(=O)c1cccc(N)c1)C(=O)O. The van der Waals surface area contributed by atoms with Crippen LogP contribution in [0.25, 0.3) is 0 Å². The van der Waals surface area contributed by atoms with Crippen molar-refractivity contribution >= 4 is 29.3 Å². The third kappa shape index (κ3) is 4.29. The molecule has 0 saturated heterocycles. The van der Waals surface area contributed by atoms with Crippen LogP contribution in [0.1, 0.15) is 16.8 Å². The number of rotatable bonds is 6. The van der Waals surface area contributed by atoms with E-state index in [4.69, 9.17) is 10.8 Å². The van der Waals surface area contributed by atoms with Gasteiger partial charge < -0.3 is 16.2 Å². The number of anilines is 1. The van der Waals surface area contributed by atoms with E-state index >= 15 is 0 Å². The summed E-state index contributed by atoms with van der Waals surface area (Å²) in [4.78, 5) is 22.8. The number of thioether (sulfide) groups is 1. The van der Waals surface area contributed by atoms with Crippen LogP contribution >= 0.6 is 11.8 Å². The zero-order valence-electron chi connectivity index (χ0n) is 10.1. The third-order valence-corrected chi connectivity index (χ3v) is 3.01. The van der Waals surface area contributed by atoms with E-state index in [0.717, 1.165) is 0 Å². The number of aliphatic carboxylic acids is 1. The number of nitrogen functional groups attached to an aromatic ring is 1. The number of amides is 1. The average Bonchev–Trinajstić information content (AvgIpc) is 2.33. The number of hydrogen-bond donors (Lipinski definition) is 3. The minimum atomic E-state index is -1.03. The van der Waals surface area contributed by atoms with Crippen molar-refractivity contribution in [3.63, 3.8) is 0 Å². The molecule has 0 bridgehead atoms. The summed E-state index contributed by atoms with van der Waals surface area (Å²) >= 11 is 1.54. The highest BCUT2D eigenvalue weighted by atomic mass is 32.2. The Morgan fingerprint density at radius 2 is 2.22 bits per heavy atom. The average molecular weight is 268 g/mol. The number of hydrogen-bond acceptors (Lipinski definition) is 4. The predicted octanol–water partition coefficient (Wildman–Crippen LogP) is 1.20. The fourth-order valence-electron chi connectivity index (χ4n) is 1.41. The Hall–Kier alpha value is -1.69. The van der Waals surface area contributed by atoms with Crippen LogP contribution in [0.15, 0.2) is 24.3 Å². The van der Waals surface area contributed by atoms with Crippen LogP contribution in [0.3, 0.4) is 0 Å². The molecule has 0 aliphatic rings. The van der Waals surface area contributed by atoms with Crippen LogP contribution in [0.2, 0.25) is 0 Å². The number of benzene rings is 1. The second-order valence-electron chi connectivity index (χ2n) is 3.77. The first-order chi connectivity index (χ1) is 8.54. The highest BCUT2D eigenvalue weighted by Crippen LogP contribution is 2.08. The molecule has 0 heterocycles. The lowest BCUT2D eigenvalue weighted by atomic mass is 10.1. The van der Waals surface area contributed by atoms with E-state index in [1.54, 1.807) is 18.2 Å². The molecule has 4 N–H and O–H groups in total. The molecule has 0 aromatic heterocycles. The number of carboxylic acids is 1. The van der Waals surface area contributed by atoms with E-state index in [-0.39, 0.29) is 0 Å². The molecule has 1 aromatic carbocycles. The van der Waals surface area contributed by atoms with E-state index < -0.39 is 17.9 Å². The van der Waals surface area contributed by atoms with Crippen molar-refractivity contribution in [2.24, 2.45) is 0 Å². The van der Waals surface area contributed by atoms with Gasteiger partial charge in [0.1, 0.15) is 6.04 Å². The van der Waals surface area contributed by atoms with Gasteiger partial charge in [-0.05, 0) is 36.6 Å². The molecule has 0 saturated carbocycles. The van der Waals surface area contributed by atoms with Crippen LogP contribution in [0.4, 0.5) is 5.69 Å². The van der Waals surface area contributed by atoms with Gasteiger partial charge in [-0.1, -0.05) is 6.07 Å². The topological polar surface area (TPSA) is 92.4 Å². The number of carbonyl (C=O) groups is 2. The summed E-state index contributed by atoms with van der Waals surface area (Å²) in [7, 11) is 0. The molecule has 5 nitrogen and oxygen atoms in total. The molecule has 98 valence electrons. The van der Waals surface area contributed by atoms with Gasteiger partial charge >= 0.3 is 5.97 Å². The van der Waals surface area contributed by atoms with Crippen molar-refractivity contribution in [1.29, 1.82) is 0 Å². The fourth-order valence-corrected chi connectivity index (χ4v) is 1.89. The normalized spacial score (nSPS) is 11.8. The van der Waals surface area contributed by atoms with Gasteiger partial charge in [0, 0.05) is 11.3 Å². The molecule has 0 spiro atoms. The standard InChI is InChI=1S/C12H16N2O3S/c1-18-6-5-10(12(16)17)14-11(15)8-3-2-4-9(13)7-8/h2-4,7,10H,5-6,13H2,1H3,(H,14,15)(H,16,17)/t10-/m0/s1. The molecule has 0 radical (unpaired) electrons. The third-order valence-electron chi connectivity index (χ3n) is 2.36. The Balaban J connectivity index is 2.69. The van der Waals surface area contributed by atoms with Gasteiger partial charge in [0.25, 0.3) is 5.91 Å². The zero-order chi connectivity index (χ0) is 13.5. The lowest BCUT2D eigenvalue weighted by Gasteiger charge is -2.14. The number of nitrogens with one attached hydrogen (secondary N) is 1. The molecule has 0 aliphatic heterocycles. The Kier molecular flexibility index (Phi) is 5.51. The van der Waals surface area contributed by atoms with Crippen molar-refractivity contribution in [1.82, 2.24) is 5.32 Å². The quantitative estimate of drug-likeness (QED) is 0.674. The second-order valence-corrected chi connectivity index (χ2v) is 4.76. The molecule has 0 fully saturated rings. The molecule has 0 aliphatic carbocycles. The Labute approximate surface area is 110 Å². The Morgan fingerprint density at radius 3 is 2.78 bits per heavy atom. The smallest absolute Gasteiger partial charge is 0.326 e. The molecular weight excluding hydrogens is 252 g/mol. The van der Waals surface area contributed by atoms with E-state index in [1.165, 1.54) is 17.8 Å². The van der Waals surface area contributed by atoms with Crippen LogP contribution in [0.5, 0.6) is 0 Å². The van der Waals surface area contributed by atoms with E-state index in [9.17, 15) is 9.59 Å². The summed E-state index contributed by atoms with van der Waals surface area (Å²) in [6, 6.07) is 5.56. The molecule has 0 unspecified atom stereocenters. The minimum Gasteiger partial charge on any atom is -0.480 e. The van der Waals surface area contributed by atoms with Gasteiger partial charge in [0.2, 0.25) is 0 Å². The maximum atomic E-state index is 11.8. The Bertz CT molecular complexity index is 437. The molecule has 1 aromatic rings. The highest BCUT2D eigenvalue weighted by Gasteiger charge is 2.20. The van der Waals surface area contributed by atoms with Gasteiger partial charge in [-0.3, -0.25) is 4.79 Å². The van der Waals surface area contributed by atoms with Crippen molar-refractivity contribution in [2.45, 2.75) is 12.5 Å². The van der Waals surface area contributed by atoms with Crippen LogP contribution in [-0.2, 0) is 4.79 Å². The zero-order valence-corrected chi connectivity index (χ0v) is 10.9. The van der Waals surface area contributed by atoms with Crippen LogP contribution in [-0.4, -0.2) is 35.0 Å². The fraction of sp³-hybridized carbons (Fsp3) is 0.333. The number of carboxylic acid groups (broad SMARTS) is 1. The lowest BCUT2D eigenvalue weighted by Crippen LogP contribution is -2.41. The summed E-state index contributed by atoms with van der Waals surface area (Å²) in [5, 5.41) is 11.5.